The molecule has 0 N–H and O–H groups in total. The lowest BCUT2D eigenvalue weighted by molar-refractivity contribution is -0.144. The fourth-order valence-corrected chi connectivity index (χ4v) is 3.65. The van der Waals surface area contributed by atoms with Crippen molar-refractivity contribution in [2.24, 2.45) is 5.92 Å². The monoisotopic (exact) mass is 374 g/mol. The van der Waals surface area contributed by atoms with Gasteiger partial charge in [-0.25, -0.2) is 4.79 Å². The molecule has 148 valence electrons. The summed E-state index contributed by atoms with van der Waals surface area (Å²) in [7, 11) is 1.45. The highest BCUT2D eigenvalue weighted by atomic mass is 16.6. The molecule has 1 amide bonds. The van der Waals surface area contributed by atoms with E-state index < -0.39 is 5.60 Å². The number of methoxy groups -OCH3 is 1. The van der Waals surface area contributed by atoms with Crippen molar-refractivity contribution in [2.45, 2.75) is 45.3 Å². The first-order valence-corrected chi connectivity index (χ1v) is 9.62. The second-order valence-corrected chi connectivity index (χ2v) is 8.57. The van der Waals surface area contributed by atoms with E-state index in [-0.39, 0.29) is 18.0 Å². The van der Waals surface area contributed by atoms with E-state index in [1.807, 2.05) is 20.8 Å². The van der Waals surface area contributed by atoms with Crippen LogP contribution in [0.15, 0.2) is 24.3 Å². The number of ether oxygens (including phenoxy) is 2. The molecule has 1 unspecified atom stereocenters. The molecular formula is C21H30N2O4. The van der Waals surface area contributed by atoms with Crippen molar-refractivity contribution in [3.8, 4) is 0 Å². The van der Waals surface area contributed by atoms with Gasteiger partial charge in [0, 0.05) is 32.1 Å². The van der Waals surface area contributed by atoms with E-state index in [1.54, 1.807) is 4.90 Å². The normalized spacial score (nSPS) is 21.0. The summed E-state index contributed by atoms with van der Waals surface area (Å²) in [6.45, 7) is 9.61. The maximum Gasteiger partial charge on any atom is 0.410 e. The van der Waals surface area contributed by atoms with E-state index in [4.69, 9.17) is 9.47 Å². The van der Waals surface area contributed by atoms with Crippen LogP contribution in [0.1, 0.15) is 44.2 Å². The fraction of sp³-hybridized carbons (Fsp3) is 0.619. The third kappa shape index (κ3) is 5.01. The quantitative estimate of drug-likeness (QED) is 0.758. The van der Waals surface area contributed by atoms with Gasteiger partial charge in [-0.2, -0.15) is 0 Å². The molecule has 6 nitrogen and oxygen atoms in total. The smallest absolute Gasteiger partial charge is 0.410 e. The molecule has 6 heteroatoms. The Morgan fingerprint density at radius 2 is 1.78 bits per heavy atom. The van der Waals surface area contributed by atoms with Crippen LogP contribution in [-0.4, -0.2) is 60.8 Å². The van der Waals surface area contributed by atoms with Crippen molar-refractivity contribution < 1.29 is 19.1 Å². The number of benzene rings is 1. The van der Waals surface area contributed by atoms with Crippen LogP contribution in [0.25, 0.3) is 0 Å². The molecular weight excluding hydrogens is 344 g/mol. The molecule has 0 radical (unpaired) electrons. The highest BCUT2D eigenvalue weighted by Crippen LogP contribution is 2.29. The van der Waals surface area contributed by atoms with Gasteiger partial charge < -0.3 is 14.4 Å². The van der Waals surface area contributed by atoms with Crippen LogP contribution in [0, 0.1) is 5.92 Å². The first-order valence-electron chi connectivity index (χ1n) is 9.62. The zero-order valence-corrected chi connectivity index (χ0v) is 16.7. The Morgan fingerprint density at radius 3 is 2.37 bits per heavy atom. The van der Waals surface area contributed by atoms with Crippen LogP contribution < -0.4 is 0 Å². The van der Waals surface area contributed by atoms with E-state index in [9.17, 15) is 9.59 Å². The van der Waals surface area contributed by atoms with Crippen molar-refractivity contribution in [1.82, 2.24) is 9.80 Å². The summed E-state index contributed by atoms with van der Waals surface area (Å²) in [5.41, 5.74) is 2.05. The Balaban J connectivity index is 1.46. The second kappa shape index (κ2) is 7.89. The highest BCUT2D eigenvalue weighted by molar-refractivity contribution is 5.72. The fourth-order valence-electron chi connectivity index (χ4n) is 3.65. The van der Waals surface area contributed by atoms with Crippen LogP contribution in [0.3, 0.4) is 0 Å². The topological polar surface area (TPSA) is 59.1 Å². The molecule has 2 heterocycles. The number of likely N-dealkylation sites (tertiary alicyclic amines) is 2. The molecule has 3 rings (SSSR count). The van der Waals surface area contributed by atoms with Crippen molar-refractivity contribution in [3.63, 3.8) is 0 Å². The van der Waals surface area contributed by atoms with E-state index >= 15 is 0 Å². The van der Waals surface area contributed by atoms with Crippen molar-refractivity contribution in [2.75, 3.05) is 33.3 Å². The minimum absolute atomic E-state index is 0.00286. The number of hydrogen-bond donors (Lipinski definition) is 0. The lowest BCUT2D eigenvalue weighted by Gasteiger charge is -2.40. The Hall–Kier alpha value is -2.08. The molecule has 0 saturated carbocycles. The largest absolute Gasteiger partial charge is 0.469 e. The van der Waals surface area contributed by atoms with Gasteiger partial charge in [-0.3, -0.25) is 9.69 Å². The van der Waals surface area contributed by atoms with E-state index in [1.165, 1.54) is 18.2 Å². The standard InChI is InChI=1S/C21H30N2O4/c1-21(2,3)27-20(25)23-13-18(14-23)16-7-5-15(6-8-16)11-22-10-9-17(12-22)19(24)26-4/h5-8,17-18H,9-14H2,1-4H3. The summed E-state index contributed by atoms with van der Waals surface area (Å²) in [5, 5.41) is 0. The number of carbonyl (C=O) groups excluding carboxylic acids is 2. The minimum atomic E-state index is -0.452. The maximum atomic E-state index is 12.0. The summed E-state index contributed by atoms with van der Waals surface area (Å²) in [5.74, 6) is 0.275. The van der Waals surface area contributed by atoms with Crippen molar-refractivity contribution in [1.29, 1.82) is 0 Å². The average Bonchev–Trinajstić information content (AvgIpc) is 3.01. The van der Waals surface area contributed by atoms with Gasteiger partial charge in [0.2, 0.25) is 0 Å². The number of amides is 1. The third-order valence-electron chi connectivity index (χ3n) is 5.20. The Bertz CT molecular complexity index is 674. The molecule has 0 aliphatic carbocycles. The predicted octanol–water partition coefficient (Wildman–Crippen LogP) is 3.02. The predicted molar refractivity (Wildman–Crippen MR) is 102 cm³/mol. The van der Waals surface area contributed by atoms with Gasteiger partial charge in [0.25, 0.3) is 0 Å². The minimum Gasteiger partial charge on any atom is -0.469 e. The maximum absolute atomic E-state index is 12.0. The molecule has 0 aromatic heterocycles. The molecule has 1 atom stereocenters. The van der Waals surface area contributed by atoms with Crippen LogP contribution in [0.2, 0.25) is 0 Å². The lowest BCUT2D eigenvalue weighted by atomic mass is 9.91. The zero-order chi connectivity index (χ0) is 19.6. The molecule has 2 fully saturated rings. The third-order valence-corrected chi connectivity index (χ3v) is 5.20. The van der Waals surface area contributed by atoms with Gasteiger partial charge in [0.15, 0.2) is 0 Å². The second-order valence-electron chi connectivity index (χ2n) is 8.57. The number of hydrogen-bond acceptors (Lipinski definition) is 5. The molecule has 2 saturated heterocycles. The summed E-state index contributed by atoms with van der Waals surface area (Å²) in [6.07, 6.45) is 0.636. The number of nitrogens with zero attached hydrogens (tertiary/aromatic N) is 2. The molecule has 0 bridgehead atoms. The van der Waals surface area contributed by atoms with Crippen LogP contribution >= 0.6 is 0 Å². The van der Waals surface area contributed by atoms with Crippen LogP contribution in [0.5, 0.6) is 0 Å². The van der Waals surface area contributed by atoms with E-state index in [0.717, 1.165) is 26.1 Å². The Kier molecular flexibility index (Phi) is 5.75. The zero-order valence-electron chi connectivity index (χ0n) is 16.7. The highest BCUT2D eigenvalue weighted by Gasteiger charge is 2.34. The van der Waals surface area contributed by atoms with Crippen LogP contribution in [0.4, 0.5) is 4.79 Å². The number of rotatable bonds is 4. The van der Waals surface area contributed by atoms with Crippen molar-refractivity contribution in [3.05, 3.63) is 35.4 Å². The first kappa shape index (κ1) is 19.7. The summed E-state index contributed by atoms with van der Waals surface area (Å²) in [6, 6.07) is 8.61. The van der Waals surface area contributed by atoms with Crippen molar-refractivity contribution >= 4 is 12.1 Å². The SMILES string of the molecule is COC(=O)C1CCN(Cc2ccc(C3CN(C(=O)OC(C)(C)C)C3)cc2)C1. The molecule has 1 aromatic rings. The van der Waals surface area contributed by atoms with E-state index in [2.05, 4.69) is 29.2 Å². The number of carbonyl (C=O) groups is 2. The van der Waals surface area contributed by atoms with Gasteiger partial charge >= 0.3 is 12.1 Å². The molecule has 0 spiro atoms. The molecule has 1 aromatic carbocycles. The van der Waals surface area contributed by atoms with Gasteiger partial charge in [0.05, 0.1) is 13.0 Å². The lowest BCUT2D eigenvalue weighted by Crippen LogP contribution is -2.50. The summed E-state index contributed by atoms with van der Waals surface area (Å²) < 4.78 is 10.2. The first-order chi connectivity index (χ1) is 12.7. The Labute approximate surface area is 161 Å². The van der Waals surface area contributed by atoms with Gasteiger partial charge in [0.1, 0.15) is 5.60 Å². The van der Waals surface area contributed by atoms with Crippen LogP contribution in [-0.2, 0) is 20.8 Å². The molecule has 27 heavy (non-hydrogen) atoms. The van der Waals surface area contributed by atoms with Gasteiger partial charge in [-0.1, -0.05) is 24.3 Å². The van der Waals surface area contributed by atoms with Gasteiger partial charge in [-0.05, 0) is 44.9 Å². The summed E-state index contributed by atoms with van der Waals surface area (Å²) in [4.78, 5) is 27.7. The van der Waals surface area contributed by atoms with E-state index in [0.29, 0.717) is 19.0 Å². The molecule has 2 aliphatic heterocycles. The molecule has 2 aliphatic rings. The Morgan fingerprint density at radius 1 is 1.11 bits per heavy atom. The average molecular weight is 374 g/mol. The number of esters is 1. The summed E-state index contributed by atoms with van der Waals surface area (Å²) >= 11 is 0. The van der Waals surface area contributed by atoms with Gasteiger partial charge in [-0.15, -0.1) is 0 Å².